The molecule has 0 spiro atoms. The summed E-state index contributed by atoms with van der Waals surface area (Å²) in [6.45, 7) is 7.12. The third-order valence-corrected chi connectivity index (χ3v) is 9.34. The summed E-state index contributed by atoms with van der Waals surface area (Å²) in [5.41, 5.74) is 8.12. The molecule has 0 saturated carbocycles. The van der Waals surface area contributed by atoms with Crippen molar-refractivity contribution in [3.05, 3.63) is 161 Å². The van der Waals surface area contributed by atoms with E-state index in [1.165, 1.54) is 5.56 Å². The van der Waals surface area contributed by atoms with Crippen LogP contribution in [0.4, 0.5) is 4.79 Å². The van der Waals surface area contributed by atoms with Crippen LogP contribution in [0.5, 0.6) is 0 Å². The Bertz CT molecular complexity index is 1810. The minimum Gasteiger partial charge on any atom is -0.316 e. The zero-order chi connectivity index (χ0) is 29.6. The number of hydrogen-bond donors (Lipinski definition) is 0. The van der Waals surface area contributed by atoms with Gasteiger partial charge in [0.25, 0.3) is 0 Å². The fourth-order valence-corrected chi connectivity index (χ4v) is 7.32. The van der Waals surface area contributed by atoms with Gasteiger partial charge in [0.15, 0.2) is 0 Å². The Balaban J connectivity index is 1.40. The van der Waals surface area contributed by atoms with Crippen LogP contribution >= 0.6 is 0 Å². The molecule has 0 N–H and O–H groups in total. The van der Waals surface area contributed by atoms with E-state index in [1.807, 2.05) is 27.9 Å². The van der Waals surface area contributed by atoms with Crippen molar-refractivity contribution in [2.45, 2.75) is 45.2 Å². The molecule has 1 aliphatic rings. The smallest absolute Gasteiger partial charge is 0.316 e. The maximum atomic E-state index is 14.3. The molecule has 1 aliphatic heterocycles. The van der Waals surface area contributed by atoms with Gasteiger partial charge in [-0.3, -0.25) is 4.57 Å². The fourth-order valence-electron chi connectivity index (χ4n) is 7.32. The first-order valence-corrected chi connectivity index (χ1v) is 15.2. The molecule has 6 aromatic rings. The molecule has 214 valence electrons. The Morgan fingerprint density at radius 1 is 0.767 bits per heavy atom. The van der Waals surface area contributed by atoms with Crippen LogP contribution in [-0.2, 0) is 12.0 Å². The Morgan fingerprint density at radius 2 is 1.30 bits per heavy atom. The molecule has 7 rings (SSSR count). The van der Waals surface area contributed by atoms with Crippen molar-refractivity contribution in [3.63, 3.8) is 0 Å². The van der Waals surface area contributed by atoms with Crippen molar-refractivity contribution in [2.75, 3.05) is 6.54 Å². The monoisotopic (exact) mass is 564 g/mol. The molecule has 43 heavy (non-hydrogen) atoms. The van der Waals surface area contributed by atoms with Gasteiger partial charge in [0.1, 0.15) is 5.54 Å². The van der Waals surface area contributed by atoms with Gasteiger partial charge in [0, 0.05) is 29.7 Å². The molecule has 5 nitrogen and oxygen atoms in total. The van der Waals surface area contributed by atoms with E-state index < -0.39 is 5.54 Å². The number of carbonyl (C=O) groups is 1. The van der Waals surface area contributed by atoms with Crippen LogP contribution in [0.3, 0.4) is 0 Å². The van der Waals surface area contributed by atoms with Gasteiger partial charge >= 0.3 is 6.03 Å². The minimum absolute atomic E-state index is 0.0341. The quantitative estimate of drug-likeness (QED) is 0.183. The Morgan fingerprint density at radius 3 is 1.86 bits per heavy atom. The lowest BCUT2D eigenvalue weighted by Crippen LogP contribution is -2.44. The zero-order valence-electron chi connectivity index (χ0n) is 24.9. The number of aryl methyl sites for hydroxylation is 1. The summed E-state index contributed by atoms with van der Waals surface area (Å²) in [7, 11) is 0. The molecule has 2 aromatic heterocycles. The van der Waals surface area contributed by atoms with Crippen molar-refractivity contribution in [1.29, 1.82) is 0 Å². The minimum atomic E-state index is -0.649. The number of carbonyl (C=O) groups excluding carboxylic acids is 1. The summed E-state index contributed by atoms with van der Waals surface area (Å²) in [5.74, 6) is 0. The van der Waals surface area contributed by atoms with E-state index in [1.54, 1.807) is 0 Å². The molecular weight excluding hydrogens is 528 g/mol. The molecule has 0 saturated heterocycles. The van der Waals surface area contributed by atoms with Crippen LogP contribution < -0.4 is 0 Å². The van der Waals surface area contributed by atoms with Gasteiger partial charge in [-0.05, 0) is 48.6 Å². The van der Waals surface area contributed by atoms with Crippen LogP contribution in [0.15, 0.2) is 122 Å². The van der Waals surface area contributed by atoms with Crippen molar-refractivity contribution in [1.82, 2.24) is 19.0 Å². The average molecular weight is 565 g/mol. The van der Waals surface area contributed by atoms with Gasteiger partial charge in [-0.2, -0.15) is 0 Å². The zero-order valence-corrected chi connectivity index (χ0v) is 24.9. The third-order valence-electron chi connectivity index (χ3n) is 9.34. The second kappa shape index (κ2) is 10.7. The van der Waals surface area contributed by atoms with Crippen molar-refractivity contribution in [3.8, 4) is 0 Å². The van der Waals surface area contributed by atoms with Gasteiger partial charge in [-0.25, -0.2) is 9.78 Å². The van der Waals surface area contributed by atoms with Gasteiger partial charge in [0.2, 0.25) is 0 Å². The largest absolute Gasteiger partial charge is 0.329 e. The Hall–Kier alpha value is -4.90. The van der Waals surface area contributed by atoms with E-state index in [9.17, 15) is 4.79 Å². The predicted molar refractivity (Wildman–Crippen MR) is 172 cm³/mol. The highest BCUT2D eigenvalue weighted by atomic mass is 16.2. The molecule has 0 bridgehead atoms. The fraction of sp³-hybridized carbons (Fsp3) is 0.211. The highest BCUT2D eigenvalue weighted by Gasteiger charge is 2.41. The van der Waals surface area contributed by atoms with E-state index in [-0.39, 0.29) is 12.1 Å². The number of amides is 1. The number of hydrogen-bond acceptors (Lipinski definition) is 2. The highest BCUT2D eigenvalue weighted by Crippen LogP contribution is 2.43. The lowest BCUT2D eigenvalue weighted by Gasteiger charge is -2.39. The molecule has 1 amide bonds. The molecule has 5 heteroatoms. The SMILES string of the molecule is CCC(c1ncn(C(c2ccccc2)(c2ccccc2)c2ccccc2)c1C)N1CCc2c(C)c3ccccc3n2C1=O. The number of benzene rings is 4. The lowest BCUT2D eigenvalue weighted by molar-refractivity contribution is 0.165. The van der Waals surface area contributed by atoms with E-state index in [2.05, 4.69) is 128 Å². The molecule has 1 unspecified atom stereocenters. The van der Waals surface area contributed by atoms with E-state index >= 15 is 0 Å². The Labute approximate surface area is 253 Å². The summed E-state index contributed by atoms with van der Waals surface area (Å²) in [6.07, 6.45) is 3.58. The standard InChI is InChI=1S/C38H36N4O/c1-4-33(40-25-24-34-27(2)32-22-14-15-23-35(32)42(34)37(40)43)36-28(3)41(26-39-36)38(29-16-8-5-9-17-29,30-18-10-6-11-19-30)31-20-12-7-13-21-31/h5-23,26,33H,4,24-25H2,1-3H3. The average Bonchev–Trinajstić information content (AvgIpc) is 3.58. The molecule has 3 heterocycles. The van der Waals surface area contributed by atoms with Crippen molar-refractivity contribution >= 4 is 16.9 Å². The van der Waals surface area contributed by atoms with Gasteiger partial charge in [-0.1, -0.05) is 116 Å². The van der Waals surface area contributed by atoms with Crippen molar-refractivity contribution < 1.29 is 4.79 Å². The lowest BCUT2D eigenvalue weighted by atomic mass is 9.76. The van der Waals surface area contributed by atoms with Crippen LogP contribution in [0.1, 0.15) is 58.7 Å². The number of nitrogens with zero attached hydrogens (tertiary/aromatic N) is 4. The summed E-state index contributed by atoms with van der Waals surface area (Å²) in [6, 6.07) is 40.1. The first-order valence-electron chi connectivity index (χ1n) is 15.2. The summed E-state index contributed by atoms with van der Waals surface area (Å²) in [5, 5.41) is 1.15. The second-order valence-corrected chi connectivity index (χ2v) is 11.5. The molecule has 0 fully saturated rings. The molecule has 4 aromatic carbocycles. The van der Waals surface area contributed by atoms with E-state index in [0.717, 1.165) is 57.5 Å². The van der Waals surface area contributed by atoms with Gasteiger partial charge in [0.05, 0.1) is 23.6 Å². The van der Waals surface area contributed by atoms with Gasteiger partial charge in [-0.15, -0.1) is 0 Å². The third kappa shape index (κ3) is 4.06. The maximum Gasteiger partial charge on any atom is 0.329 e. The molecule has 0 radical (unpaired) electrons. The number of fused-ring (bicyclic) bond motifs is 3. The molecular formula is C38H36N4O. The summed E-state index contributed by atoms with van der Waals surface area (Å²) >= 11 is 0. The number of aromatic nitrogens is 3. The first-order chi connectivity index (χ1) is 21.1. The van der Waals surface area contributed by atoms with Crippen LogP contribution in [-0.4, -0.2) is 31.6 Å². The van der Waals surface area contributed by atoms with E-state index in [0.29, 0.717) is 6.54 Å². The topological polar surface area (TPSA) is 43.1 Å². The summed E-state index contributed by atoms with van der Waals surface area (Å²) in [4.78, 5) is 21.4. The number of para-hydroxylation sites is 1. The summed E-state index contributed by atoms with van der Waals surface area (Å²) < 4.78 is 4.26. The normalized spacial score (nSPS) is 14.2. The number of rotatable bonds is 7. The first kappa shape index (κ1) is 27.0. The van der Waals surface area contributed by atoms with Crippen LogP contribution in [0.2, 0.25) is 0 Å². The number of imidazole rings is 1. The van der Waals surface area contributed by atoms with Gasteiger partial charge < -0.3 is 9.47 Å². The maximum absolute atomic E-state index is 14.3. The Kier molecular flexibility index (Phi) is 6.73. The van der Waals surface area contributed by atoms with Crippen LogP contribution in [0.25, 0.3) is 10.9 Å². The highest BCUT2D eigenvalue weighted by molar-refractivity contribution is 5.96. The van der Waals surface area contributed by atoms with Crippen molar-refractivity contribution in [2.24, 2.45) is 0 Å². The predicted octanol–water partition coefficient (Wildman–Crippen LogP) is 8.27. The van der Waals surface area contributed by atoms with E-state index in [4.69, 9.17) is 4.98 Å². The second-order valence-electron chi connectivity index (χ2n) is 11.5. The molecule has 0 aliphatic carbocycles. The molecule has 1 atom stereocenters. The van der Waals surface area contributed by atoms with Crippen LogP contribution in [0, 0.1) is 13.8 Å².